The zero-order valence-corrected chi connectivity index (χ0v) is 10.2. The Morgan fingerprint density at radius 1 is 1.32 bits per heavy atom. The standard InChI is InChI=1S/C14H10FN3O/c1-18(12-4-2-10(9-16)3-5-12)14(19)11-6-7-17-13(15)8-11/h2-8H,1H3. The maximum absolute atomic E-state index is 13.0. The zero-order valence-electron chi connectivity index (χ0n) is 10.2. The van der Waals surface area contributed by atoms with Crippen molar-refractivity contribution in [2.24, 2.45) is 0 Å². The first-order valence-corrected chi connectivity index (χ1v) is 5.51. The summed E-state index contributed by atoms with van der Waals surface area (Å²) in [5.74, 6) is -1.04. The number of hydrogen-bond acceptors (Lipinski definition) is 3. The number of hydrogen-bond donors (Lipinski definition) is 0. The highest BCUT2D eigenvalue weighted by molar-refractivity contribution is 6.05. The number of carbonyl (C=O) groups is 1. The van der Waals surface area contributed by atoms with Gasteiger partial charge in [-0.2, -0.15) is 9.65 Å². The van der Waals surface area contributed by atoms with Gasteiger partial charge in [0.2, 0.25) is 5.95 Å². The van der Waals surface area contributed by atoms with E-state index in [1.807, 2.05) is 6.07 Å². The van der Waals surface area contributed by atoms with E-state index >= 15 is 0 Å². The first kappa shape index (κ1) is 12.7. The third kappa shape index (κ3) is 2.75. The third-order valence-corrected chi connectivity index (χ3v) is 2.66. The summed E-state index contributed by atoms with van der Waals surface area (Å²) in [6.45, 7) is 0. The number of halogens is 1. The lowest BCUT2D eigenvalue weighted by Gasteiger charge is -2.17. The highest BCUT2D eigenvalue weighted by Crippen LogP contribution is 2.16. The van der Waals surface area contributed by atoms with E-state index in [0.29, 0.717) is 11.3 Å². The van der Waals surface area contributed by atoms with Gasteiger partial charge < -0.3 is 4.90 Å². The lowest BCUT2D eigenvalue weighted by molar-refractivity contribution is 0.0992. The number of anilines is 1. The van der Waals surface area contributed by atoms with E-state index in [9.17, 15) is 9.18 Å². The number of pyridine rings is 1. The van der Waals surface area contributed by atoms with Crippen LogP contribution in [-0.4, -0.2) is 17.9 Å². The first-order chi connectivity index (χ1) is 9.11. The molecule has 0 saturated heterocycles. The normalized spacial score (nSPS) is 9.74. The monoisotopic (exact) mass is 255 g/mol. The molecule has 2 rings (SSSR count). The van der Waals surface area contributed by atoms with Crippen LogP contribution in [0.3, 0.4) is 0 Å². The fourth-order valence-electron chi connectivity index (χ4n) is 1.61. The number of aromatic nitrogens is 1. The molecule has 1 aromatic heterocycles. The fourth-order valence-corrected chi connectivity index (χ4v) is 1.61. The Labute approximate surface area is 109 Å². The lowest BCUT2D eigenvalue weighted by Crippen LogP contribution is -2.26. The van der Waals surface area contributed by atoms with E-state index < -0.39 is 5.95 Å². The van der Waals surface area contributed by atoms with Gasteiger partial charge in [-0.1, -0.05) is 0 Å². The Kier molecular flexibility index (Phi) is 3.53. The molecular formula is C14H10FN3O. The number of carbonyl (C=O) groups excluding carboxylic acids is 1. The molecule has 0 fully saturated rings. The van der Waals surface area contributed by atoms with Crippen LogP contribution in [0.5, 0.6) is 0 Å². The van der Waals surface area contributed by atoms with Gasteiger partial charge in [0.25, 0.3) is 5.91 Å². The number of rotatable bonds is 2. The maximum atomic E-state index is 13.0. The summed E-state index contributed by atoms with van der Waals surface area (Å²) in [7, 11) is 1.59. The van der Waals surface area contributed by atoms with Crippen LogP contribution >= 0.6 is 0 Å². The molecule has 19 heavy (non-hydrogen) atoms. The Morgan fingerprint density at radius 2 is 2.00 bits per heavy atom. The molecule has 0 aliphatic carbocycles. The zero-order chi connectivity index (χ0) is 13.8. The molecular weight excluding hydrogens is 245 g/mol. The summed E-state index contributed by atoms with van der Waals surface area (Å²) in [5.41, 5.74) is 1.36. The average molecular weight is 255 g/mol. The molecule has 0 radical (unpaired) electrons. The van der Waals surface area contributed by atoms with Gasteiger partial charge in [0.15, 0.2) is 0 Å². The Balaban J connectivity index is 2.26. The number of benzene rings is 1. The summed E-state index contributed by atoms with van der Waals surface area (Å²) in [5, 5.41) is 8.71. The van der Waals surface area contributed by atoms with E-state index in [2.05, 4.69) is 4.98 Å². The molecule has 1 aromatic carbocycles. The largest absolute Gasteiger partial charge is 0.311 e. The van der Waals surface area contributed by atoms with Crippen LogP contribution in [0.2, 0.25) is 0 Å². The van der Waals surface area contributed by atoms with Gasteiger partial charge in [-0.05, 0) is 30.3 Å². The quantitative estimate of drug-likeness (QED) is 0.774. The Bertz CT molecular complexity index is 646. The van der Waals surface area contributed by atoms with Gasteiger partial charge in [0.05, 0.1) is 11.6 Å². The molecule has 0 aliphatic rings. The van der Waals surface area contributed by atoms with Gasteiger partial charge in [0.1, 0.15) is 0 Å². The van der Waals surface area contributed by atoms with E-state index in [-0.39, 0.29) is 11.5 Å². The summed E-state index contributed by atoms with van der Waals surface area (Å²) < 4.78 is 13.0. The molecule has 1 heterocycles. The topological polar surface area (TPSA) is 57.0 Å². The smallest absolute Gasteiger partial charge is 0.258 e. The van der Waals surface area contributed by atoms with Crippen LogP contribution in [0.15, 0.2) is 42.6 Å². The summed E-state index contributed by atoms with van der Waals surface area (Å²) in [6, 6.07) is 11.1. The SMILES string of the molecule is CN(C(=O)c1ccnc(F)c1)c1ccc(C#N)cc1. The second-order valence-corrected chi connectivity index (χ2v) is 3.89. The highest BCUT2D eigenvalue weighted by atomic mass is 19.1. The summed E-state index contributed by atoms with van der Waals surface area (Å²) >= 11 is 0. The fraction of sp³-hybridized carbons (Fsp3) is 0.0714. The Morgan fingerprint density at radius 3 is 2.58 bits per heavy atom. The van der Waals surface area contributed by atoms with Gasteiger partial charge in [-0.25, -0.2) is 4.98 Å². The molecule has 0 saturated carbocycles. The molecule has 0 atom stereocenters. The van der Waals surface area contributed by atoms with Crippen LogP contribution in [0.25, 0.3) is 0 Å². The molecule has 2 aromatic rings. The number of nitriles is 1. The Hall–Kier alpha value is -2.74. The van der Waals surface area contributed by atoms with E-state index in [0.717, 1.165) is 6.07 Å². The van der Waals surface area contributed by atoms with Crippen molar-refractivity contribution in [1.29, 1.82) is 5.26 Å². The molecule has 0 bridgehead atoms. The van der Waals surface area contributed by atoms with Crippen molar-refractivity contribution >= 4 is 11.6 Å². The first-order valence-electron chi connectivity index (χ1n) is 5.51. The summed E-state index contributed by atoms with van der Waals surface area (Å²) in [4.78, 5) is 16.9. The molecule has 0 N–H and O–H groups in total. The molecule has 0 aliphatic heterocycles. The highest BCUT2D eigenvalue weighted by Gasteiger charge is 2.14. The molecule has 1 amide bonds. The average Bonchev–Trinajstić information content (AvgIpc) is 2.46. The number of nitrogens with zero attached hydrogens (tertiary/aromatic N) is 3. The second kappa shape index (κ2) is 5.27. The van der Waals surface area contributed by atoms with Crippen molar-refractivity contribution in [3.8, 4) is 6.07 Å². The minimum Gasteiger partial charge on any atom is -0.311 e. The van der Waals surface area contributed by atoms with Gasteiger partial charge >= 0.3 is 0 Å². The van der Waals surface area contributed by atoms with Crippen LogP contribution < -0.4 is 4.90 Å². The molecule has 5 heteroatoms. The van der Waals surface area contributed by atoms with Crippen molar-refractivity contribution in [2.75, 3.05) is 11.9 Å². The van der Waals surface area contributed by atoms with Crippen molar-refractivity contribution in [1.82, 2.24) is 4.98 Å². The molecule has 94 valence electrons. The van der Waals surface area contributed by atoms with Crippen LogP contribution in [0.1, 0.15) is 15.9 Å². The lowest BCUT2D eigenvalue weighted by atomic mass is 10.2. The van der Waals surface area contributed by atoms with Crippen LogP contribution in [-0.2, 0) is 0 Å². The molecule has 4 nitrogen and oxygen atoms in total. The number of amides is 1. The minimum atomic E-state index is -0.695. The van der Waals surface area contributed by atoms with Crippen molar-refractivity contribution in [3.63, 3.8) is 0 Å². The maximum Gasteiger partial charge on any atom is 0.258 e. The predicted octanol–water partition coefficient (Wildman–Crippen LogP) is 2.37. The predicted molar refractivity (Wildman–Crippen MR) is 68.1 cm³/mol. The third-order valence-electron chi connectivity index (χ3n) is 2.66. The van der Waals surface area contributed by atoms with Gasteiger partial charge in [0, 0.05) is 30.6 Å². The van der Waals surface area contributed by atoms with Gasteiger partial charge in [-0.3, -0.25) is 4.79 Å². The van der Waals surface area contributed by atoms with Crippen molar-refractivity contribution in [3.05, 3.63) is 59.7 Å². The van der Waals surface area contributed by atoms with Crippen LogP contribution in [0, 0.1) is 17.3 Å². The van der Waals surface area contributed by atoms with E-state index in [4.69, 9.17) is 5.26 Å². The minimum absolute atomic E-state index is 0.222. The molecule has 0 spiro atoms. The summed E-state index contributed by atoms with van der Waals surface area (Å²) in [6.07, 6.45) is 1.25. The van der Waals surface area contributed by atoms with E-state index in [1.165, 1.54) is 17.2 Å². The van der Waals surface area contributed by atoms with E-state index in [1.54, 1.807) is 31.3 Å². The van der Waals surface area contributed by atoms with Crippen LogP contribution in [0.4, 0.5) is 10.1 Å². The van der Waals surface area contributed by atoms with Crippen molar-refractivity contribution in [2.45, 2.75) is 0 Å². The molecule has 0 unspecified atom stereocenters. The van der Waals surface area contributed by atoms with Gasteiger partial charge in [-0.15, -0.1) is 0 Å². The second-order valence-electron chi connectivity index (χ2n) is 3.89. The van der Waals surface area contributed by atoms with Crippen molar-refractivity contribution < 1.29 is 9.18 Å².